The van der Waals surface area contributed by atoms with Gasteiger partial charge in [0.1, 0.15) is 0 Å². The van der Waals surface area contributed by atoms with Gasteiger partial charge >= 0.3 is 0 Å². The Morgan fingerprint density at radius 3 is 1.88 bits per heavy atom. The molecule has 3 rings (SSSR count). The zero-order valence-electron chi connectivity index (χ0n) is 14.4. The van der Waals surface area contributed by atoms with Crippen molar-refractivity contribution in [1.82, 2.24) is 5.43 Å². The van der Waals surface area contributed by atoms with Crippen LogP contribution in [0.5, 0.6) is 0 Å². The molecule has 0 aliphatic heterocycles. The van der Waals surface area contributed by atoms with E-state index in [4.69, 9.17) is 12.2 Å². The van der Waals surface area contributed by atoms with Gasteiger partial charge in [0.15, 0.2) is 5.11 Å². The lowest BCUT2D eigenvalue weighted by atomic mass is 10.1. The summed E-state index contributed by atoms with van der Waals surface area (Å²) in [6, 6.07) is 26.5. The number of rotatable bonds is 4. The summed E-state index contributed by atoms with van der Waals surface area (Å²) in [6.45, 7) is 4.16. The third-order valence-electron chi connectivity index (χ3n) is 3.87. The molecule has 0 amide bonds. The van der Waals surface area contributed by atoms with Gasteiger partial charge < -0.3 is 5.32 Å². The maximum atomic E-state index is 5.54. The van der Waals surface area contributed by atoms with E-state index >= 15 is 0 Å². The van der Waals surface area contributed by atoms with E-state index in [0.29, 0.717) is 5.11 Å². The topological polar surface area (TPSA) is 27.3 Å². The molecule has 0 bridgehead atoms. The molecule has 0 radical (unpaired) electrons. The van der Waals surface area contributed by atoms with Crippen molar-refractivity contribution in [2.24, 2.45) is 0 Å². The van der Waals surface area contributed by atoms with Gasteiger partial charge in [0, 0.05) is 5.69 Å². The summed E-state index contributed by atoms with van der Waals surface area (Å²) in [5.74, 6) is 0. The molecule has 25 heavy (non-hydrogen) atoms. The van der Waals surface area contributed by atoms with Crippen LogP contribution >= 0.6 is 12.2 Å². The molecule has 0 heterocycles. The molecule has 126 valence electrons. The Labute approximate surface area is 154 Å². The van der Waals surface area contributed by atoms with Crippen LogP contribution in [-0.2, 0) is 0 Å². The molecule has 0 saturated carbocycles. The fraction of sp³-hybridized carbons (Fsp3) is 0.0952. The van der Waals surface area contributed by atoms with E-state index in [1.807, 2.05) is 71.7 Å². The number of aryl methyl sites for hydroxylation is 2. The van der Waals surface area contributed by atoms with Crippen LogP contribution in [-0.4, -0.2) is 5.11 Å². The van der Waals surface area contributed by atoms with E-state index in [-0.39, 0.29) is 0 Å². The highest BCUT2D eigenvalue weighted by molar-refractivity contribution is 7.80. The first-order valence-corrected chi connectivity index (χ1v) is 8.59. The quantitative estimate of drug-likeness (QED) is 0.492. The molecule has 0 aliphatic carbocycles. The van der Waals surface area contributed by atoms with E-state index in [2.05, 4.69) is 36.7 Å². The molecule has 3 aromatic carbocycles. The first-order valence-electron chi connectivity index (χ1n) is 8.18. The Balaban J connectivity index is 1.82. The van der Waals surface area contributed by atoms with Crippen molar-refractivity contribution in [3.05, 3.63) is 90.0 Å². The van der Waals surface area contributed by atoms with Gasteiger partial charge in [0.05, 0.1) is 11.4 Å². The standard InChI is InChI=1S/C21H21N3S/c1-16-13-14-20(17(2)15-16)22-21(25)23-24(18-9-5-3-6-10-18)19-11-7-4-8-12-19/h3-15H,1-2H3,(H2,22,23,25). The van der Waals surface area contributed by atoms with Crippen LogP contribution in [0.25, 0.3) is 0 Å². The lowest BCUT2D eigenvalue weighted by Crippen LogP contribution is -2.41. The average Bonchev–Trinajstić information content (AvgIpc) is 2.63. The van der Waals surface area contributed by atoms with Crippen LogP contribution in [0.3, 0.4) is 0 Å². The van der Waals surface area contributed by atoms with Gasteiger partial charge in [-0.15, -0.1) is 0 Å². The highest BCUT2D eigenvalue weighted by atomic mass is 32.1. The van der Waals surface area contributed by atoms with Gasteiger partial charge in [-0.2, -0.15) is 0 Å². The number of nitrogens with zero attached hydrogens (tertiary/aromatic N) is 1. The molecule has 3 nitrogen and oxygen atoms in total. The summed E-state index contributed by atoms with van der Waals surface area (Å²) in [5, 5.41) is 5.80. The van der Waals surface area contributed by atoms with Crippen molar-refractivity contribution < 1.29 is 0 Å². The number of anilines is 3. The molecule has 0 unspecified atom stereocenters. The van der Waals surface area contributed by atoms with Gasteiger partial charge in [-0.3, -0.25) is 10.4 Å². The SMILES string of the molecule is Cc1ccc(NC(=S)NN(c2ccccc2)c2ccccc2)c(C)c1. The Morgan fingerprint density at radius 2 is 1.36 bits per heavy atom. The number of hydrazine groups is 1. The molecule has 0 spiro atoms. The predicted molar refractivity (Wildman–Crippen MR) is 110 cm³/mol. The highest BCUT2D eigenvalue weighted by Gasteiger charge is 2.11. The average molecular weight is 347 g/mol. The molecular formula is C21H21N3S. The summed E-state index contributed by atoms with van der Waals surface area (Å²) in [7, 11) is 0. The Bertz CT molecular complexity index is 808. The molecule has 0 fully saturated rings. The number of hydrogen-bond acceptors (Lipinski definition) is 2. The Morgan fingerprint density at radius 1 is 0.800 bits per heavy atom. The van der Waals surface area contributed by atoms with E-state index < -0.39 is 0 Å². The van der Waals surface area contributed by atoms with E-state index in [1.165, 1.54) is 5.56 Å². The summed E-state index contributed by atoms with van der Waals surface area (Å²) in [4.78, 5) is 0. The molecule has 0 atom stereocenters. The van der Waals surface area contributed by atoms with E-state index in [9.17, 15) is 0 Å². The van der Waals surface area contributed by atoms with Gasteiger partial charge in [-0.25, -0.2) is 0 Å². The van der Waals surface area contributed by atoms with Crippen LogP contribution in [0, 0.1) is 13.8 Å². The van der Waals surface area contributed by atoms with Crippen molar-refractivity contribution in [2.45, 2.75) is 13.8 Å². The van der Waals surface area contributed by atoms with Crippen LogP contribution in [0.4, 0.5) is 17.1 Å². The monoisotopic (exact) mass is 347 g/mol. The smallest absolute Gasteiger partial charge is 0.190 e. The summed E-state index contributed by atoms with van der Waals surface area (Å²) in [6.07, 6.45) is 0. The predicted octanol–water partition coefficient (Wildman–Crippen LogP) is 5.34. The summed E-state index contributed by atoms with van der Waals surface area (Å²) >= 11 is 5.54. The van der Waals surface area contributed by atoms with Gasteiger partial charge in [-0.05, 0) is 62.0 Å². The maximum Gasteiger partial charge on any atom is 0.190 e. The molecule has 3 aromatic rings. The van der Waals surface area contributed by atoms with Crippen LogP contribution in [0.2, 0.25) is 0 Å². The zero-order chi connectivity index (χ0) is 17.6. The minimum absolute atomic E-state index is 0.541. The fourth-order valence-corrected chi connectivity index (χ4v) is 2.84. The number of para-hydroxylation sites is 2. The van der Waals surface area contributed by atoms with Gasteiger partial charge in [0.2, 0.25) is 0 Å². The third kappa shape index (κ3) is 4.37. The minimum Gasteiger partial charge on any atom is -0.331 e. The second kappa shape index (κ2) is 7.81. The third-order valence-corrected chi connectivity index (χ3v) is 4.07. The largest absolute Gasteiger partial charge is 0.331 e. The zero-order valence-corrected chi connectivity index (χ0v) is 15.2. The molecular weight excluding hydrogens is 326 g/mol. The fourth-order valence-electron chi connectivity index (χ4n) is 2.64. The summed E-state index contributed by atoms with van der Waals surface area (Å²) in [5.41, 5.74) is 8.72. The number of hydrogen-bond donors (Lipinski definition) is 2. The lowest BCUT2D eigenvalue weighted by molar-refractivity contribution is 0.943. The van der Waals surface area contributed by atoms with Gasteiger partial charge in [-0.1, -0.05) is 54.1 Å². The first-order chi connectivity index (χ1) is 12.1. The van der Waals surface area contributed by atoms with Crippen LogP contribution in [0.1, 0.15) is 11.1 Å². The normalized spacial score (nSPS) is 10.2. The number of thiocarbonyl (C=S) groups is 1. The van der Waals surface area contributed by atoms with E-state index in [0.717, 1.165) is 22.6 Å². The highest BCUT2D eigenvalue weighted by Crippen LogP contribution is 2.23. The van der Waals surface area contributed by atoms with Crippen molar-refractivity contribution in [1.29, 1.82) is 0 Å². The number of benzene rings is 3. The lowest BCUT2D eigenvalue weighted by Gasteiger charge is -2.27. The van der Waals surface area contributed by atoms with Gasteiger partial charge in [0.25, 0.3) is 0 Å². The first kappa shape index (κ1) is 17.0. The Kier molecular flexibility index (Phi) is 5.31. The van der Waals surface area contributed by atoms with Crippen molar-refractivity contribution in [3.8, 4) is 0 Å². The summed E-state index contributed by atoms with van der Waals surface area (Å²) < 4.78 is 0. The Hall–Kier alpha value is -2.85. The minimum atomic E-state index is 0.541. The molecule has 2 N–H and O–H groups in total. The molecule has 0 aliphatic rings. The second-order valence-electron chi connectivity index (χ2n) is 5.89. The van der Waals surface area contributed by atoms with Crippen LogP contribution < -0.4 is 15.8 Å². The molecule has 0 saturated heterocycles. The maximum absolute atomic E-state index is 5.54. The van der Waals surface area contributed by atoms with E-state index in [1.54, 1.807) is 0 Å². The molecule has 0 aromatic heterocycles. The van der Waals surface area contributed by atoms with Crippen molar-refractivity contribution >= 4 is 34.4 Å². The molecule has 4 heteroatoms. The van der Waals surface area contributed by atoms with Crippen molar-refractivity contribution in [2.75, 3.05) is 10.3 Å². The van der Waals surface area contributed by atoms with Crippen LogP contribution in [0.15, 0.2) is 78.9 Å². The van der Waals surface area contributed by atoms with Crippen molar-refractivity contribution in [3.63, 3.8) is 0 Å². The second-order valence-corrected chi connectivity index (χ2v) is 6.30. The number of nitrogens with one attached hydrogen (secondary N) is 2.